The first kappa shape index (κ1) is 11.7. The van der Waals surface area contributed by atoms with Gasteiger partial charge in [0.1, 0.15) is 5.75 Å². The van der Waals surface area contributed by atoms with Gasteiger partial charge in [0.2, 0.25) is 0 Å². The molecule has 0 radical (unpaired) electrons. The normalized spacial score (nSPS) is 10.9. The summed E-state index contributed by atoms with van der Waals surface area (Å²) in [6.07, 6.45) is 0.0774. The van der Waals surface area contributed by atoms with Crippen LogP contribution in [0.15, 0.2) is 30.3 Å². The van der Waals surface area contributed by atoms with E-state index in [1.165, 1.54) is 0 Å². The number of hydrogen-bond acceptors (Lipinski definition) is 4. The molecule has 0 spiro atoms. The fourth-order valence-corrected chi connectivity index (χ4v) is 2.06. The second kappa shape index (κ2) is 5.49. The molecule has 1 rings (SSSR count). The van der Waals surface area contributed by atoms with Gasteiger partial charge in [-0.2, -0.15) is 13.7 Å². The number of nitrogens with zero attached hydrogens (tertiary/aromatic N) is 1. The minimum atomic E-state index is -3.56. The average molecular weight is 225 g/mol. The zero-order valence-electron chi connectivity index (χ0n) is 8.09. The molecule has 0 saturated heterocycles. The fourth-order valence-electron chi connectivity index (χ4n) is 1.03. The molecule has 0 unspecified atom stereocenters. The van der Waals surface area contributed by atoms with Gasteiger partial charge in [0, 0.05) is 0 Å². The van der Waals surface area contributed by atoms with E-state index in [1.54, 1.807) is 24.3 Å². The van der Waals surface area contributed by atoms with Crippen molar-refractivity contribution in [3.8, 4) is 6.07 Å². The van der Waals surface area contributed by atoms with Crippen molar-refractivity contribution < 1.29 is 12.6 Å². The highest BCUT2D eigenvalue weighted by molar-refractivity contribution is 7.85. The Labute approximate surface area is 89.2 Å². The molecule has 1 aromatic rings. The maximum absolute atomic E-state index is 11.3. The monoisotopic (exact) mass is 225 g/mol. The molecule has 0 aliphatic heterocycles. The third kappa shape index (κ3) is 4.58. The van der Waals surface area contributed by atoms with Gasteiger partial charge in [-0.15, -0.1) is 0 Å². The molecule has 5 heteroatoms. The summed E-state index contributed by atoms with van der Waals surface area (Å²) < 4.78 is 27.3. The van der Waals surface area contributed by atoms with Crippen LogP contribution >= 0.6 is 0 Å². The molecule has 0 amide bonds. The Bertz CT molecular complexity index is 433. The quantitative estimate of drug-likeness (QED) is 0.562. The van der Waals surface area contributed by atoms with Gasteiger partial charge in [0.15, 0.2) is 0 Å². The van der Waals surface area contributed by atoms with Crippen LogP contribution in [0, 0.1) is 11.3 Å². The van der Waals surface area contributed by atoms with E-state index in [1.807, 2.05) is 12.1 Å². The molecule has 0 aromatic heterocycles. The van der Waals surface area contributed by atoms with Crippen LogP contribution in [0.1, 0.15) is 12.0 Å². The van der Waals surface area contributed by atoms with Crippen molar-refractivity contribution in [2.75, 3.05) is 6.61 Å². The van der Waals surface area contributed by atoms with Crippen LogP contribution in [0.25, 0.3) is 0 Å². The van der Waals surface area contributed by atoms with Gasteiger partial charge >= 0.3 is 0 Å². The topological polar surface area (TPSA) is 67.2 Å². The number of benzene rings is 1. The first-order valence-electron chi connectivity index (χ1n) is 4.42. The molecule has 15 heavy (non-hydrogen) atoms. The second-order valence-corrected chi connectivity index (χ2v) is 4.56. The highest BCUT2D eigenvalue weighted by Gasteiger charge is 2.11. The second-order valence-electron chi connectivity index (χ2n) is 2.92. The fraction of sp³-hybridized carbons (Fsp3) is 0.300. The van der Waals surface area contributed by atoms with Gasteiger partial charge in [-0.25, -0.2) is 0 Å². The van der Waals surface area contributed by atoms with Crippen LogP contribution in [-0.4, -0.2) is 15.0 Å². The van der Waals surface area contributed by atoms with Crippen LogP contribution < -0.4 is 0 Å². The number of nitriles is 1. The standard InChI is InChI=1S/C10H11NO3S/c11-7-4-8-14-15(12,13)9-10-5-2-1-3-6-10/h1-3,5-6H,4,8-9H2. The Morgan fingerprint density at radius 3 is 2.53 bits per heavy atom. The summed E-state index contributed by atoms with van der Waals surface area (Å²) in [7, 11) is -3.56. The third-order valence-corrected chi connectivity index (χ3v) is 2.88. The lowest BCUT2D eigenvalue weighted by molar-refractivity contribution is 0.325. The molecule has 1 aromatic carbocycles. The summed E-state index contributed by atoms with van der Waals surface area (Å²) >= 11 is 0. The lowest BCUT2D eigenvalue weighted by Crippen LogP contribution is -2.09. The largest absolute Gasteiger partial charge is 0.271 e. The van der Waals surface area contributed by atoms with Crippen molar-refractivity contribution in [2.45, 2.75) is 12.2 Å². The molecule has 0 N–H and O–H groups in total. The molecule has 0 bridgehead atoms. The molecule has 0 heterocycles. The Balaban J connectivity index is 2.54. The molecule has 0 aliphatic rings. The van der Waals surface area contributed by atoms with E-state index in [0.29, 0.717) is 5.56 Å². The van der Waals surface area contributed by atoms with E-state index in [4.69, 9.17) is 5.26 Å². The maximum atomic E-state index is 11.3. The zero-order valence-corrected chi connectivity index (χ0v) is 8.90. The van der Waals surface area contributed by atoms with Crippen molar-refractivity contribution in [3.05, 3.63) is 35.9 Å². The maximum Gasteiger partial charge on any atom is 0.271 e. The van der Waals surface area contributed by atoms with Gasteiger partial charge in [-0.3, -0.25) is 4.18 Å². The third-order valence-electron chi connectivity index (χ3n) is 1.66. The smallest absolute Gasteiger partial charge is 0.269 e. The van der Waals surface area contributed by atoms with E-state index in [2.05, 4.69) is 4.18 Å². The van der Waals surface area contributed by atoms with Crippen LogP contribution in [-0.2, 0) is 20.1 Å². The Morgan fingerprint density at radius 1 is 1.27 bits per heavy atom. The molecule has 0 saturated carbocycles. The van der Waals surface area contributed by atoms with E-state index < -0.39 is 10.1 Å². The SMILES string of the molecule is N#CCCOS(=O)(=O)Cc1ccccc1. The molecular formula is C10H11NO3S. The van der Waals surface area contributed by atoms with Crippen LogP contribution in [0.2, 0.25) is 0 Å². The minimum Gasteiger partial charge on any atom is -0.269 e. The van der Waals surface area contributed by atoms with Gasteiger partial charge in [-0.1, -0.05) is 30.3 Å². The molecule has 0 aliphatic carbocycles. The molecule has 0 fully saturated rings. The van der Waals surface area contributed by atoms with Gasteiger partial charge in [0.25, 0.3) is 10.1 Å². The summed E-state index contributed by atoms with van der Waals surface area (Å²) in [4.78, 5) is 0. The van der Waals surface area contributed by atoms with Crippen LogP contribution in [0.4, 0.5) is 0 Å². The van der Waals surface area contributed by atoms with Crippen molar-refractivity contribution in [2.24, 2.45) is 0 Å². The van der Waals surface area contributed by atoms with Gasteiger partial charge in [0.05, 0.1) is 19.1 Å². The van der Waals surface area contributed by atoms with Crippen LogP contribution in [0.3, 0.4) is 0 Å². The highest BCUT2D eigenvalue weighted by atomic mass is 32.2. The molecule has 0 atom stereocenters. The van der Waals surface area contributed by atoms with Crippen molar-refractivity contribution in [3.63, 3.8) is 0 Å². The predicted molar refractivity (Wildman–Crippen MR) is 55.2 cm³/mol. The Hall–Kier alpha value is -1.38. The summed E-state index contributed by atoms with van der Waals surface area (Å²) in [6, 6.07) is 10.6. The van der Waals surface area contributed by atoms with E-state index in [0.717, 1.165) is 0 Å². The molecule has 4 nitrogen and oxygen atoms in total. The summed E-state index contributed by atoms with van der Waals surface area (Å²) in [5.41, 5.74) is 0.675. The van der Waals surface area contributed by atoms with E-state index in [-0.39, 0.29) is 18.8 Å². The van der Waals surface area contributed by atoms with E-state index >= 15 is 0 Å². The lowest BCUT2D eigenvalue weighted by Gasteiger charge is -2.03. The summed E-state index contributed by atoms with van der Waals surface area (Å²) in [6.45, 7) is -0.0777. The first-order valence-corrected chi connectivity index (χ1v) is 6.00. The average Bonchev–Trinajstić information content (AvgIpc) is 2.18. The summed E-state index contributed by atoms with van der Waals surface area (Å²) in [5, 5.41) is 8.23. The number of hydrogen-bond donors (Lipinski definition) is 0. The Morgan fingerprint density at radius 2 is 1.93 bits per heavy atom. The first-order chi connectivity index (χ1) is 7.14. The van der Waals surface area contributed by atoms with Crippen molar-refractivity contribution in [1.82, 2.24) is 0 Å². The zero-order chi connectivity index (χ0) is 11.1. The van der Waals surface area contributed by atoms with Crippen molar-refractivity contribution in [1.29, 1.82) is 5.26 Å². The van der Waals surface area contributed by atoms with Crippen LogP contribution in [0.5, 0.6) is 0 Å². The summed E-state index contributed by atoms with van der Waals surface area (Å²) in [5.74, 6) is -0.154. The molecule has 80 valence electrons. The number of rotatable bonds is 5. The van der Waals surface area contributed by atoms with E-state index in [9.17, 15) is 8.42 Å². The molecular weight excluding hydrogens is 214 g/mol. The highest BCUT2D eigenvalue weighted by Crippen LogP contribution is 2.07. The van der Waals surface area contributed by atoms with Crippen molar-refractivity contribution >= 4 is 10.1 Å². The Kier molecular flexibility index (Phi) is 4.28. The lowest BCUT2D eigenvalue weighted by atomic mass is 10.2. The van der Waals surface area contributed by atoms with Gasteiger partial charge < -0.3 is 0 Å². The minimum absolute atomic E-state index is 0.0774. The van der Waals surface area contributed by atoms with Gasteiger partial charge in [-0.05, 0) is 5.56 Å². The predicted octanol–water partition coefficient (Wildman–Crippen LogP) is 1.45.